The zero-order valence-corrected chi connectivity index (χ0v) is 18.7. The molecule has 1 heterocycles. The van der Waals surface area contributed by atoms with Gasteiger partial charge in [0.15, 0.2) is 17.3 Å². The third-order valence-electron chi connectivity index (χ3n) is 5.90. The maximum Gasteiger partial charge on any atom is 0.315 e. The van der Waals surface area contributed by atoms with Crippen molar-refractivity contribution in [1.29, 1.82) is 0 Å². The van der Waals surface area contributed by atoms with Crippen molar-refractivity contribution in [1.82, 2.24) is 0 Å². The van der Waals surface area contributed by atoms with Crippen LogP contribution in [0.3, 0.4) is 0 Å². The van der Waals surface area contributed by atoms with Crippen LogP contribution in [-0.2, 0) is 9.53 Å². The number of nitrogens with zero attached hydrogens (tertiary/aromatic N) is 1. The second kappa shape index (κ2) is 8.49. The smallest absolute Gasteiger partial charge is 0.315 e. The SMILES string of the molecule is CCOC(=O)C1C(C)=NC2=C(C(=O)c3ccccc32)[C@@H]1c1cc(OC)c(OC)c(OC)c1. The minimum absolute atomic E-state index is 0.139. The molecule has 0 spiro atoms. The molecule has 0 radical (unpaired) electrons. The Morgan fingerprint density at radius 2 is 1.62 bits per heavy atom. The van der Waals surface area contributed by atoms with E-state index in [0.717, 1.165) is 5.56 Å². The van der Waals surface area contributed by atoms with E-state index in [1.165, 1.54) is 21.3 Å². The normalized spacial score (nSPS) is 19.2. The van der Waals surface area contributed by atoms with Crippen LogP contribution in [0.2, 0.25) is 0 Å². The van der Waals surface area contributed by atoms with Crippen molar-refractivity contribution in [3.63, 3.8) is 0 Å². The third-order valence-corrected chi connectivity index (χ3v) is 5.90. The van der Waals surface area contributed by atoms with Gasteiger partial charge in [0.25, 0.3) is 0 Å². The van der Waals surface area contributed by atoms with Gasteiger partial charge in [0.1, 0.15) is 5.92 Å². The number of carbonyl (C=O) groups excluding carboxylic acids is 2. The number of Topliss-reactive ketones (excluding diaryl/α,β-unsaturated/α-hetero) is 1. The lowest BCUT2D eigenvalue weighted by Crippen LogP contribution is -2.35. The average molecular weight is 435 g/mol. The second-order valence-corrected chi connectivity index (χ2v) is 7.56. The summed E-state index contributed by atoms with van der Waals surface area (Å²) in [6.45, 7) is 3.77. The van der Waals surface area contributed by atoms with Gasteiger partial charge in [-0.1, -0.05) is 24.3 Å². The summed E-state index contributed by atoms with van der Waals surface area (Å²) >= 11 is 0. The summed E-state index contributed by atoms with van der Waals surface area (Å²) in [7, 11) is 4.58. The Bertz CT molecular complexity index is 1140. The first-order chi connectivity index (χ1) is 15.5. The topological polar surface area (TPSA) is 83.4 Å². The number of esters is 1. The number of ketones is 1. The first-order valence-corrected chi connectivity index (χ1v) is 10.4. The molecule has 0 saturated carbocycles. The van der Waals surface area contributed by atoms with E-state index < -0.39 is 17.8 Å². The van der Waals surface area contributed by atoms with Crippen molar-refractivity contribution in [2.75, 3.05) is 27.9 Å². The molecule has 4 rings (SSSR count). The molecular formula is C25H25NO6. The Hall–Kier alpha value is -3.61. The van der Waals surface area contributed by atoms with Crippen LogP contribution < -0.4 is 14.2 Å². The van der Waals surface area contributed by atoms with Gasteiger partial charge in [-0.25, -0.2) is 0 Å². The molecule has 0 aromatic heterocycles. The molecule has 0 amide bonds. The summed E-state index contributed by atoms with van der Waals surface area (Å²) in [5, 5.41) is 0. The van der Waals surface area contributed by atoms with E-state index in [1.807, 2.05) is 18.2 Å². The maximum atomic E-state index is 13.5. The molecule has 0 N–H and O–H groups in total. The Morgan fingerprint density at radius 1 is 1.00 bits per heavy atom. The first-order valence-electron chi connectivity index (χ1n) is 10.4. The van der Waals surface area contributed by atoms with Crippen LogP contribution >= 0.6 is 0 Å². The van der Waals surface area contributed by atoms with Crippen LogP contribution in [0.4, 0.5) is 0 Å². The second-order valence-electron chi connectivity index (χ2n) is 7.56. The number of hydrogen-bond acceptors (Lipinski definition) is 7. The molecule has 0 fully saturated rings. The predicted octanol–water partition coefficient (Wildman–Crippen LogP) is 4.06. The number of aliphatic imine (C=N–C) groups is 1. The molecule has 2 aliphatic rings. The average Bonchev–Trinajstić information content (AvgIpc) is 3.08. The van der Waals surface area contributed by atoms with Crippen LogP contribution in [0.5, 0.6) is 17.2 Å². The van der Waals surface area contributed by atoms with Crippen molar-refractivity contribution in [2.45, 2.75) is 19.8 Å². The number of hydrogen-bond donors (Lipinski definition) is 0. The van der Waals surface area contributed by atoms with Crippen LogP contribution in [0, 0.1) is 5.92 Å². The first kappa shape index (κ1) is 21.6. The number of ether oxygens (including phenoxy) is 4. The van der Waals surface area contributed by atoms with Crippen molar-refractivity contribution < 1.29 is 28.5 Å². The highest BCUT2D eigenvalue weighted by molar-refractivity contribution is 6.24. The van der Waals surface area contributed by atoms with Crippen LogP contribution in [0.25, 0.3) is 5.70 Å². The molecule has 1 aliphatic carbocycles. The summed E-state index contributed by atoms with van der Waals surface area (Å²) < 4.78 is 21.9. The Labute approximate surface area is 186 Å². The molecule has 7 nitrogen and oxygen atoms in total. The monoisotopic (exact) mass is 435 g/mol. The summed E-state index contributed by atoms with van der Waals surface area (Å²) in [6, 6.07) is 10.9. The van der Waals surface area contributed by atoms with Crippen LogP contribution in [0.1, 0.15) is 41.3 Å². The van der Waals surface area contributed by atoms with Gasteiger partial charge in [-0.2, -0.15) is 0 Å². The molecule has 1 unspecified atom stereocenters. The molecule has 0 saturated heterocycles. The van der Waals surface area contributed by atoms with Crippen molar-refractivity contribution in [3.8, 4) is 17.2 Å². The molecule has 2 aromatic carbocycles. The van der Waals surface area contributed by atoms with E-state index in [9.17, 15) is 9.59 Å². The summed E-state index contributed by atoms with van der Waals surface area (Å²) in [4.78, 5) is 31.3. The molecule has 166 valence electrons. The van der Waals surface area contributed by atoms with Gasteiger partial charge in [-0.3, -0.25) is 14.6 Å². The number of carbonyl (C=O) groups is 2. The lowest BCUT2D eigenvalue weighted by molar-refractivity contribution is -0.146. The predicted molar refractivity (Wildman–Crippen MR) is 120 cm³/mol. The fourth-order valence-electron chi connectivity index (χ4n) is 4.53. The minimum Gasteiger partial charge on any atom is -0.493 e. The maximum absolute atomic E-state index is 13.5. The fourth-order valence-corrected chi connectivity index (χ4v) is 4.53. The standard InChI is InChI=1S/C25H25NO6/c1-6-32-25(28)19-13(2)26-22-15-9-7-8-10-16(15)23(27)21(22)20(19)14-11-17(29-3)24(31-5)18(12-14)30-4/h7-12,19-20H,6H2,1-5H3/t19?,20-/m1/s1. The number of allylic oxidation sites excluding steroid dienone is 1. The van der Waals surface area contributed by atoms with Gasteiger partial charge in [-0.05, 0) is 31.5 Å². The highest BCUT2D eigenvalue weighted by Gasteiger charge is 2.46. The molecule has 2 atom stereocenters. The van der Waals surface area contributed by atoms with E-state index in [1.54, 1.807) is 32.0 Å². The summed E-state index contributed by atoms with van der Waals surface area (Å²) in [5.74, 6) is -0.625. The molecule has 0 bridgehead atoms. The van der Waals surface area contributed by atoms with Gasteiger partial charge in [-0.15, -0.1) is 0 Å². The van der Waals surface area contributed by atoms with Gasteiger partial charge in [0.2, 0.25) is 5.75 Å². The Morgan fingerprint density at radius 3 is 2.19 bits per heavy atom. The molecule has 7 heteroatoms. The van der Waals surface area contributed by atoms with Gasteiger partial charge < -0.3 is 18.9 Å². The highest BCUT2D eigenvalue weighted by Crippen LogP contribution is 2.50. The quantitative estimate of drug-likeness (QED) is 0.637. The molecule has 32 heavy (non-hydrogen) atoms. The van der Waals surface area contributed by atoms with Crippen molar-refractivity contribution in [2.24, 2.45) is 10.9 Å². The van der Waals surface area contributed by atoms with Gasteiger partial charge >= 0.3 is 5.97 Å². The van der Waals surface area contributed by atoms with Gasteiger partial charge in [0, 0.05) is 28.3 Å². The molecular weight excluding hydrogens is 410 g/mol. The number of methoxy groups -OCH3 is 3. The third kappa shape index (κ3) is 3.25. The Kier molecular flexibility index (Phi) is 5.74. The van der Waals surface area contributed by atoms with E-state index in [2.05, 4.69) is 0 Å². The highest BCUT2D eigenvalue weighted by atomic mass is 16.5. The number of fused-ring (bicyclic) bond motifs is 2. The van der Waals surface area contributed by atoms with Gasteiger partial charge in [0.05, 0.1) is 33.6 Å². The lowest BCUT2D eigenvalue weighted by atomic mass is 9.75. The largest absolute Gasteiger partial charge is 0.493 e. The van der Waals surface area contributed by atoms with E-state index >= 15 is 0 Å². The Balaban J connectivity index is 1.97. The van der Waals surface area contributed by atoms with E-state index in [4.69, 9.17) is 23.9 Å². The summed E-state index contributed by atoms with van der Waals surface area (Å²) in [5.41, 5.74) is 3.69. The minimum atomic E-state index is -0.755. The number of benzene rings is 2. The van der Waals surface area contributed by atoms with E-state index in [-0.39, 0.29) is 12.4 Å². The zero-order chi connectivity index (χ0) is 23.0. The molecule has 2 aromatic rings. The van der Waals surface area contributed by atoms with Crippen molar-refractivity contribution in [3.05, 3.63) is 58.7 Å². The lowest BCUT2D eigenvalue weighted by Gasteiger charge is -2.31. The molecule has 1 aliphatic heterocycles. The number of rotatable bonds is 6. The fraction of sp³-hybridized carbons (Fsp3) is 0.320. The van der Waals surface area contributed by atoms with E-state index in [0.29, 0.717) is 45.4 Å². The van der Waals surface area contributed by atoms with Crippen LogP contribution in [-0.4, -0.2) is 45.4 Å². The zero-order valence-electron chi connectivity index (χ0n) is 18.7. The van der Waals surface area contributed by atoms with Crippen molar-refractivity contribution >= 4 is 23.2 Å². The summed E-state index contributed by atoms with van der Waals surface area (Å²) in [6.07, 6.45) is 0. The van der Waals surface area contributed by atoms with Crippen LogP contribution in [0.15, 0.2) is 47.0 Å².